The quantitative estimate of drug-likeness (QED) is 0.849. The number of aromatic nitrogens is 1. The maximum absolute atomic E-state index is 12.2. The van der Waals surface area contributed by atoms with Crippen LogP contribution in [0.3, 0.4) is 0 Å². The summed E-state index contributed by atoms with van der Waals surface area (Å²) in [6.07, 6.45) is 2.36. The van der Waals surface area contributed by atoms with Crippen LogP contribution in [0.1, 0.15) is 26.0 Å². The van der Waals surface area contributed by atoms with Crippen LogP contribution in [-0.2, 0) is 21.3 Å². The topological polar surface area (TPSA) is 72.2 Å². The van der Waals surface area contributed by atoms with Gasteiger partial charge in [-0.05, 0) is 24.8 Å². The van der Waals surface area contributed by atoms with Crippen molar-refractivity contribution in [3.63, 3.8) is 0 Å². The van der Waals surface area contributed by atoms with Crippen LogP contribution in [0.4, 0.5) is 0 Å². The lowest BCUT2D eigenvalue weighted by Crippen LogP contribution is -2.36. The Bertz CT molecular complexity index is 608. The highest BCUT2D eigenvalue weighted by molar-refractivity contribution is 7.85. The zero-order valence-corrected chi connectivity index (χ0v) is 13.6. The Morgan fingerprint density at radius 1 is 1.57 bits per heavy atom. The molecule has 7 heteroatoms. The molecule has 0 aliphatic rings. The number of nitrogens with one attached hydrogen (secondary N) is 1. The minimum atomic E-state index is -1.31. The van der Waals surface area contributed by atoms with E-state index in [4.69, 9.17) is 4.42 Å². The highest BCUT2D eigenvalue weighted by Crippen LogP contribution is 2.24. The highest BCUT2D eigenvalue weighted by atomic mass is 32.2. The molecule has 5 nitrogen and oxygen atoms in total. The molecule has 0 saturated heterocycles. The van der Waals surface area contributed by atoms with E-state index in [0.29, 0.717) is 18.1 Å². The largest absolute Gasteiger partial charge is 0.444 e. The van der Waals surface area contributed by atoms with Gasteiger partial charge in [0.15, 0.2) is 0 Å². The summed E-state index contributed by atoms with van der Waals surface area (Å²) in [6.45, 7) is 4.25. The van der Waals surface area contributed by atoms with Crippen LogP contribution in [0.15, 0.2) is 28.2 Å². The van der Waals surface area contributed by atoms with Gasteiger partial charge in [-0.1, -0.05) is 13.0 Å². The third kappa shape index (κ3) is 4.25. The Kier molecular flexibility index (Phi) is 5.69. The van der Waals surface area contributed by atoms with E-state index in [2.05, 4.69) is 10.3 Å². The second kappa shape index (κ2) is 7.51. The van der Waals surface area contributed by atoms with Gasteiger partial charge < -0.3 is 9.73 Å². The molecule has 0 spiro atoms. The van der Waals surface area contributed by atoms with Gasteiger partial charge in [-0.25, -0.2) is 4.98 Å². The Hall–Kier alpha value is -1.47. The molecule has 114 valence electrons. The zero-order chi connectivity index (χ0) is 15.2. The standard InChI is InChI=1S/C14H18N2O3S2/c1-3-6-15-13(17)10(2)21(18)9-11-8-19-14(16-11)12-5-4-7-20-12/h4-5,7-8,10H,3,6,9H2,1-2H3,(H,15,17). The van der Waals surface area contributed by atoms with Crippen molar-refractivity contribution < 1.29 is 13.4 Å². The van der Waals surface area contributed by atoms with Gasteiger partial charge in [0, 0.05) is 17.3 Å². The fraction of sp³-hybridized carbons (Fsp3) is 0.429. The van der Waals surface area contributed by atoms with E-state index in [0.717, 1.165) is 11.3 Å². The molecule has 0 radical (unpaired) electrons. The first kappa shape index (κ1) is 15.9. The molecular formula is C14H18N2O3S2. The number of nitrogens with zero attached hydrogens (tertiary/aromatic N) is 1. The molecule has 0 aliphatic carbocycles. The monoisotopic (exact) mass is 326 g/mol. The van der Waals surface area contributed by atoms with Crippen LogP contribution in [0.25, 0.3) is 10.8 Å². The lowest BCUT2D eigenvalue weighted by Gasteiger charge is -2.10. The van der Waals surface area contributed by atoms with Crippen molar-refractivity contribution in [3.8, 4) is 10.8 Å². The molecular weight excluding hydrogens is 308 g/mol. The van der Waals surface area contributed by atoms with Crippen molar-refractivity contribution in [2.45, 2.75) is 31.3 Å². The normalized spacial score (nSPS) is 13.8. The Balaban J connectivity index is 1.95. The third-order valence-corrected chi connectivity index (χ3v) is 5.33. The number of carbonyl (C=O) groups is 1. The Morgan fingerprint density at radius 2 is 2.38 bits per heavy atom. The molecule has 0 bridgehead atoms. The summed E-state index contributed by atoms with van der Waals surface area (Å²) in [5.74, 6) is 0.563. The minimum Gasteiger partial charge on any atom is -0.444 e. The van der Waals surface area contributed by atoms with Gasteiger partial charge in [0.1, 0.15) is 11.5 Å². The Labute approximate surface area is 130 Å². The Morgan fingerprint density at radius 3 is 3.05 bits per heavy atom. The number of rotatable bonds is 7. The van der Waals surface area contributed by atoms with Crippen LogP contribution in [0, 0.1) is 0 Å². The lowest BCUT2D eigenvalue weighted by atomic mass is 10.4. The van der Waals surface area contributed by atoms with E-state index in [-0.39, 0.29) is 11.7 Å². The van der Waals surface area contributed by atoms with E-state index < -0.39 is 16.0 Å². The molecule has 0 fully saturated rings. The van der Waals surface area contributed by atoms with E-state index in [1.165, 1.54) is 17.6 Å². The zero-order valence-electron chi connectivity index (χ0n) is 12.0. The number of amides is 1. The van der Waals surface area contributed by atoms with Gasteiger partial charge in [0.05, 0.1) is 16.3 Å². The number of oxazole rings is 1. The van der Waals surface area contributed by atoms with Gasteiger partial charge in [0.25, 0.3) is 0 Å². The molecule has 21 heavy (non-hydrogen) atoms. The van der Waals surface area contributed by atoms with Crippen molar-refractivity contribution in [2.75, 3.05) is 6.54 Å². The van der Waals surface area contributed by atoms with E-state index in [1.807, 2.05) is 24.4 Å². The van der Waals surface area contributed by atoms with E-state index >= 15 is 0 Å². The average molecular weight is 326 g/mol. The number of carbonyl (C=O) groups excluding carboxylic acids is 1. The van der Waals surface area contributed by atoms with Gasteiger partial charge in [0.2, 0.25) is 11.8 Å². The van der Waals surface area contributed by atoms with Crippen molar-refractivity contribution in [3.05, 3.63) is 29.5 Å². The van der Waals surface area contributed by atoms with Gasteiger partial charge >= 0.3 is 0 Å². The molecule has 2 unspecified atom stereocenters. The second-order valence-corrected chi connectivity index (χ2v) is 7.28. The molecule has 2 aromatic rings. The molecule has 1 N–H and O–H groups in total. The molecule has 2 aromatic heterocycles. The summed E-state index contributed by atoms with van der Waals surface area (Å²) in [7, 11) is -1.31. The SMILES string of the molecule is CCCNC(=O)C(C)S(=O)Cc1coc(-c2cccs2)n1. The molecule has 0 aromatic carbocycles. The first-order chi connectivity index (χ1) is 10.1. The van der Waals surface area contributed by atoms with E-state index in [9.17, 15) is 9.00 Å². The van der Waals surface area contributed by atoms with Crippen molar-refractivity contribution >= 4 is 28.0 Å². The second-order valence-electron chi connectivity index (χ2n) is 4.58. The van der Waals surface area contributed by atoms with Crippen LogP contribution >= 0.6 is 11.3 Å². The number of hydrogen-bond donors (Lipinski definition) is 1. The summed E-state index contributed by atoms with van der Waals surface area (Å²) in [4.78, 5) is 17.0. The van der Waals surface area contributed by atoms with Crippen molar-refractivity contribution in [2.24, 2.45) is 0 Å². The predicted octanol–water partition coefficient (Wildman–Crippen LogP) is 2.57. The van der Waals surface area contributed by atoms with Gasteiger partial charge in [-0.15, -0.1) is 11.3 Å². The summed E-state index contributed by atoms with van der Waals surface area (Å²) >= 11 is 1.53. The maximum atomic E-state index is 12.2. The summed E-state index contributed by atoms with van der Waals surface area (Å²) < 4.78 is 17.6. The molecule has 2 heterocycles. The average Bonchev–Trinajstić information content (AvgIpc) is 3.14. The number of hydrogen-bond acceptors (Lipinski definition) is 5. The van der Waals surface area contributed by atoms with Crippen LogP contribution in [-0.4, -0.2) is 26.9 Å². The smallest absolute Gasteiger partial charge is 0.236 e. The molecule has 0 aliphatic heterocycles. The highest BCUT2D eigenvalue weighted by Gasteiger charge is 2.21. The lowest BCUT2D eigenvalue weighted by molar-refractivity contribution is -0.120. The molecule has 2 rings (SSSR count). The molecule has 0 saturated carbocycles. The van der Waals surface area contributed by atoms with Gasteiger partial charge in [-0.3, -0.25) is 9.00 Å². The molecule has 2 atom stereocenters. The van der Waals surface area contributed by atoms with Crippen molar-refractivity contribution in [1.29, 1.82) is 0 Å². The van der Waals surface area contributed by atoms with Crippen LogP contribution < -0.4 is 5.32 Å². The minimum absolute atomic E-state index is 0.183. The fourth-order valence-corrected chi connectivity index (χ4v) is 3.32. The maximum Gasteiger partial charge on any atom is 0.236 e. The summed E-state index contributed by atoms with van der Waals surface area (Å²) in [5.41, 5.74) is 0.604. The molecule has 1 amide bonds. The first-order valence-electron chi connectivity index (χ1n) is 6.75. The fourth-order valence-electron chi connectivity index (χ4n) is 1.67. The number of thiophene rings is 1. The van der Waals surface area contributed by atoms with Gasteiger partial charge in [-0.2, -0.15) is 0 Å². The summed E-state index contributed by atoms with van der Waals surface area (Å²) in [5, 5.41) is 4.14. The van der Waals surface area contributed by atoms with E-state index in [1.54, 1.807) is 6.92 Å². The van der Waals surface area contributed by atoms with Crippen molar-refractivity contribution in [1.82, 2.24) is 10.3 Å². The van der Waals surface area contributed by atoms with Crippen LogP contribution in [0.5, 0.6) is 0 Å². The summed E-state index contributed by atoms with van der Waals surface area (Å²) in [6, 6.07) is 3.83. The first-order valence-corrected chi connectivity index (χ1v) is 9.01. The predicted molar refractivity (Wildman–Crippen MR) is 84.4 cm³/mol. The van der Waals surface area contributed by atoms with Crippen LogP contribution in [0.2, 0.25) is 0 Å². The third-order valence-electron chi connectivity index (χ3n) is 2.89.